The van der Waals surface area contributed by atoms with Gasteiger partial charge in [-0.15, -0.1) is 10.0 Å². The molecule has 4 aliphatic rings. The van der Waals surface area contributed by atoms with Crippen LogP contribution in [-0.4, -0.2) is 286 Å². The first-order valence-electron chi connectivity index (χ1n) is 24.0. The van der Waals surface area contributed by atoms with Crippen molar-refractivity contribution >= 4 is 0 Å². The molecule has 0 aromatic rings. The summed E-state index contributed by atoms with van der Waals surface area (Å²) >= 11 is 0. The predicted molar refractivity (Wildman–Crippen MR) is 244 cm³/mol. The zero-order valence-electron chi connectivity index (χ0n) is 41.1. The van der Waals surface area contributed by atoms with Crippen LogP contribution >= 0.6 is 0 Å². The number of nitrogens with one attached hydrogen (secondary N) is 2. The molecule has 32 heteroatoms. The Morgan fingerprint density at radius 3 is 1.39 bits per heavy atom. The van der Waals surface area contributed by atoms with Crippen molar-refractivity contribution in [2.45, 2.75) is 162 Å². The molecule has 4 saturated heterocycles. The van der Waals surface area contributed by atoms with E-state index in [0.29, 0.717) is 52.0 Å². The summed E-state index contributed by atoms with van der Waals surface area (Å²) in [5, 5.41) is 161. The van der Waals surface area contributed by atoms with E-state index < -0.39 is 136 Å². The minimum absolute atomic E-state index is 0.0126. The number of ether oxygens (including phenoxy) is 8. The zero-order valence-corrected chi connectivity index (χ0v) is 41.1. The fraction of sp³-hybridized carbons (Fsp3) is 1.00. The summed E-state index contributed by atoms with van der Waals surface area (Å²) in [5.74, 6) is 0. The molecule has 4 unspecified atom stereocenters. The van der Waals surface area contributed by atoms with Gasteiger partial charge >= 0.3 is 0 Å². The Balaban J connectivity index is 0.000000380. The number of aliphatic hydroxyl groups is 10. The van der Waals surface area contributed by atoms with Gasteiger partial charge in [-0.1, -0.05) is 0 Å². The summed E-state index contributed by atoms with van der Waals surface area (Å²) in [6.07, 6.45) is -22.5. The molecule has 20 atom stereocenters. The highest BCUT2D eigenvalue weighted by Crippen LogP contribution is 2.32. The molecule has 4 aliphatic heterocycles. The lowest BCUT2D eigenvalue weighted by atomic mass is 9.94. The number of nitrogens with zero attached hydrogens (tertiary/aromatic N) is 6. The normalized spacial score (nSPS) is 37.7. The van der Waals surface area contributed by atoms with Gasteiger partial charge in [0, 0.05) is 30.7 Å². The van der Waals surface area contributed by atoms with Gasteiger partial charge in [-0.05, 0) is 82.8 Å². The highest BCUT2D eigenvalue weighted by molar-refractivity contribution is 4.97. The Hall–Kier alpha value is -2.88. The van der Waals surface area contributed by atoms with Gasteiger partial charge in [0.1, 0.15) is 104 Å². The Kier molecular flexibility index (Phi) is 28.7. The second-order valence-electron chi connectivity index (χ2n) is 17.7. The maximum Gasteiger partial charge on any atom is 0.187 e. The van der Waals surface area contributed by atoms with Gasteiger partial charge in [0.05, 0.1) is 45.1 Å². The summed E-state index contributed by atoms with van der Waals surface area (Å²) in [4.78, 5) is -0.150. The van der Waals surface area contributed by atoms with Crippen LogP contribution < -0.4 is 22.1 Å². The third-order valence-electron chi connectivity index (χ3n) is 12.7. The molecule has 32 nitrogen and oxygen atoms in total. The van der Waals surface area contributed by atoms with E-state index in [1.165, 1.54) is 33.1 Å². The second-order valence-corrected chi connectivity index (χ2v) is 17.7. The van der Waals surface area contributed by atoms with Gasteiger partial charge in [-0.3, -0.25) is 0 Å². The van der Waals surface area contributed by atoms with E-state index in [0.717, 1.165) is 11.4 Å². The average molecular weight is 1050 g/mol. The first-order chi connectivity index (χ1) is 34.4. The summed E-state index contributed by atoms with van der Waals surface area (Å²) < 4.78 is 44.5. The molecule has 0 bridgehead atoms. The van der Waals surface area contributed by atoms with Crippen molar-refractivity contribution in [1.82, 2.24) is 20.7 Å². The lowest BCUT2D eigenvalue weighted by Crippen LogP contribution is -2.65. The van der Waals surface area contributed by atoms with E-state index in [4.69, 9.17) is 49.4 Å². The molecule has 0 aromatic heterocycles. The molecular weight excluding hydrogens is 972 g/mol. The van der Waals surface area contributed by atoms with Gasteiger partial charge in [0.15, 0.2) is 12.6 Å². The van der Waals surface area contributed by atoms with E-state index in [9.17, 15) is 71.9 Å². The van der Waals surface area contributed by atoms with Gasteiger partial charge in [-0.25, -0.2) is 0 Å². The van der Waals surface area contributed by atoms with E-state index >= 15 is 0 Å². The standard InChI is InChI=1S/2C20H41N5O11/c1-11-14(27)15(28)19(13(10-26)34-11)36-20-17(30)16(29)18(33-2)12(35-20)9-22-6-4-8-24(7-3-5-21)25(32)23-31;1-11-14(27)15(28)19(13(10-26)34-11)36-20-17(30)16(29)18(33-2)12(35-20)9-24(25(32)23-31)8-4-7-22-6-3-5-21/h2*11-20,22,26-31H,3-10,21H2,1-2H3/p-2/b2*25-23-/t2*11-,12-,13-,14+,15-,16-,17-,18?,19?,20-/m11/s1. The number of aliphatic hydroxyl groups excluding tert-OH is 10. The summed E-state index contributed by atoms with van der Waals surface area (Å²) in [5.41, 5.74) is 10.9. The first-order valence-corrected chi connectivity index (χ1v) is 24.0. The van der Waals surface area contributed by atoms with Crippen molar-refractivity contribution in [1.29, 1.82) is 0 Å². The van der Waals surface area contributed by atoms with Gasteiger partial charge in [-0.2, -0.15) is 0 Å². The van der Waals surface area contributed by atoms with Crippen LogP contribution in [0.2, 0.25) is 0 Å². The largest absolute Gasteiger partial charge is 0.737 e. The minimum Gasteiger partial charge on any atom is -0.737 e. The number of rotatable bonds is 28. The average Bonchev–Trinajstić information content (AvgIpc) is 3.37. The molecule has 4 fully saturated rings. The van der Waals surface area contributed by atoms with Crippen molar-refractivity contribution in [2.75, 3.05) is 92.9 Å². The molecule has 16 N–H and O–H groups in total. The topological polar surface area (TPSA) is 482 Å². The zero-order chi connectivity index (χ0) is 53.7. The van der Waals surface area contributed by atoms with Crippen LogP contribution in [0.5, 0.6) is 0 Å². The molecule has 72 heavy (non-hydrogen) atoms. The lowest BCUT2D eigenvalue weighted by Gasteiger charge is -2.46. The first kappa shape index (κ1) is 63.4. The van der Waals surface area contributed by atoms with Crippen molar-refractivity contribution in [3.63, 3.8) is 0 Å². The van der Waals surface area contributed by atoms with Crippen LogP contribution in [0.15, 0.2) is 10.6 Å². The quantitative estimate of drug-likeness (QED) is 0.0150. The number of nitrogens with two attached hydrogens (primary N) is 2. The van der Waals surface area contributed by atoms with Crippen LogP contribution in [0.4, 0.5) is 0 Å². The third-order valence-corrected chi connectivity index (χ3v) is 12.7. The molecule has 4 rings (SSSR count). The van der Waals surface area contributed by atoms with E-state index in [2.05, 4.69) is 21.2 Å². The molecule has 424 valence electrons. The van der Waals surface area contributed by atoms with E-state index in [1.807, 2.05) is 0 Å². The monoisotopic (exact) mass is 1050 g/mol. The molecule has 0 radical (unpaired) electrons. The van der Waals surface area contributed by atoms with Crippen LogP contribution in [0.1, 0.15) is 39.5 Å². The Morgan fingerprint density at radius 1 is 0.528 bits per heavy atom. The van der Waals surface area contributed by atoms with E-state index in [1.54, 1.807) is 0 Å². The Labute approximate surface area is 416 Å². The van der Waals surface area contributed by atoms with Crippen LogP contribution in [0.3, 0.4) is 0 Å². The molecule has 4 heterocycles. The smallest absolute Gasteiger partial charge is 0.187 e. The van der Waals surface area contributed by atoms with Gasteiger partial charge in [0.25, 0.3) is 0 Å². The molecular formula is C40H80N10O22-2. The highest BCUT2D eigenvalue weighted by Gasteiger charge is 2.52. The van der Waals surface area contributed by atoms with Crippen molar-refractivity contribution < 1.29 is 98.9 Å². The maximum atomic E-state index is 12.1. The maximum absolute atomic E-state index is 12.1. The molecule has 0 saturated carbocycles. The van der Waals surface area contributed by atoms with Crippen LogP contribution in [-0.2, 0) is 37.9 Å². The molecule has 0 aromatic carbocycles. The van der Waals surface area contributed by atoms with Crippen molar-refractivity contribution in [3.8, 4) is 0 Å². The Morgan fingerprint density at radius 2 is 0.931 bits per heavy atom. The van der Waals surface area contributed by atoms with Crippen molar-refractivity contribution in [3.05, 3.63) is 20.8 Å². The molecule has 0 amide bonds. The minimum atomic E-state index is -1.65. The van der Waals surface area contributed by atoms with Gasteiger partial charge in [0.2, 0.25) is 0 Å². The molecule has 0 aliphatic carbocycles. The summed E-state index contributed by atoms with van der Waals surface area (Å²) in [7, 11) is 2.62. The number of hydrazine groups is 2. The summed E-state index contributed by atoms with van der Waals surface area (Å²) in [6, 6.07) is 0. The summed E-state index contributed by atoms with van der Waals surface area (Å²) in [6.45, 7) is 5.05. The van der Waals surface area contributed by atoms with E-state index in [-0.39, 0.29) is 42.7 Å². The SMILES string of the molecule is COC1[C@@H](CN(CCCNCCCN)/[N+]([O-])=N/[O-])O[C@H](OC2[C@@H](CO)O[C@H](C)[C@H](O)[C@H]2O)[C@H](O)[C@H]1O.COC1[C@@H](CNCCCN(CCCN)/[N+]([O-])=N/[O-])O[C@H](OC2[C@@H](CO)O[C@H](C)[C@H](O)[C@H]2O)[C@H](O)[C@H]1O. The Bertz CT molecular complexity index is 1540. The lowest BCUT2D eigenvalue weighted by molar-refractivity contribution is -0.692. The highest BCUT2D eigenvalue weighted by atomic mass is 16.7. The predicted octanol–water partition coefficient (Wildman–Crippen LogP) is -7.32. The van der Waals surface area contributed by atoms with Crippen molar-refractivity contribution in [2.24, 2.45) is 22.0 Å². The van der Waals surface area contributed by atoms with Gasteiger partial charge < -0.3 is 132 Å². The fourth-order valence-corrected chi connectivity index (χ4v) is 8.60. The third kappa shape index (κ3) is 17.6. The number of methoxy groups -OCH3 is 2. The van der Waals surface area contributed by atoms with Crippen LogP contribution in [0.25, 0.3) is 0 Å². The fourth-order valence-electron chi connectivity index (χ4n) is 8.60. The number of hydrogen-bond donors (Lipinski definition) is 14. The molecule has 0 spiro atoms. The second kappa shape index (κ2) is 32.5. The number of hydrogen-bond acceptors (Lipinski definition) is 28. The van der Waals surface area contributed by atoms with Crippen LogP contribution in [0, 0.1) is 20.8 Å².